The lowest BCUT2D eigenvalue weighted by molar-refractivity contribution is -0.161. The summed E-state index contributed by atoms with van der Waals surface area (Å²) in [4.78, 5) is 72.9. The minimum Gasteiger partial charge on any atom is -0.462 e. The fourth-order valence-corrected chi connectivity index (χ4v) is 13.0. The Morgan fingerprint density at radius 3 is 0.786 bits per heavy atom. The second kappa shape index (κ2) is 72.6. The molecule has 3 N–H and O–H groups in total. The van der Waals surface area contributed by atoms with Gasteiger partial charge in [-0.25, -0.2) is 9.13 Å². The minimum absolute atomic E-state index is 0.0862. The summed E-state index contributed by atoms with van der Waals surface area (Å²) in [7, 11) is -9.93. The molecule has 0 amide bonds. The van der Waals surface area contributed by atoms with E-state index < -0.39 is 97.5 Å². The number of ether oxygens (including phenoxy) is 4. The lowest BCUT2D eigenvalue weighted by atomic mass is 10.0. The first-order valence-corrected chi connectivity index (χ1v) is 43.2. The van der Waals surface area contributed by atoms with Crippen LogP contribution < -0.4 is 0 Å². The SMILES string of the molecule is CCCCC/C=C\C/C=C\CCCCCCCC(=O)O[C@H](COC(=O)CCCCCCCCCCCCCCC)COP(=O)(O)OC[C@H](O)COP(=O)(O)OC[C@@H](COC(=O)CCCCCCC/C=C\CCCCCCCC)OC(=O)CCCCCCCCCCCCCCCCC. The fourth-order valence-electron chi connectivity index (χ4n) is 11.4. The van der Waals surface area contributed by atoms with Gasteiger partial charge in [0.15, 0.2) is 12.2 Å². The average Bonchev–Trinajstić information content (AvgIpc) is 1.05. The lowest BCUT2D eigenvalue weighted by Crippen LogP contribution is -2.30. The number of hydrogen-bond donors (Lipinski definition) is 3. The molecule has 0 aromatic carbocycles. The van der Waals surface area contributed by atoms with Crippen molar-refractivity contribution < 1.29 is 80.2 Å². The molecular formula is C79H148O17P2. The highest BCUT2D eigenvalue weighted by Gasteiger charge is 2.30. The Kier molecular flexibility index (Phi) is 70.6. The van der Waals surface area contributed by atoms with Gasteiger partial charge in [-0.05, 0) is 83.5 Å². The normalized spacial score (nSPS) is 14.1. The molecule has 0 aliphatic carbocycles. The van der Waals surface area contributed by atoms with E-state index in [4.69, 9.17) is 37.0 Å². The molecule has 0 heterocycles. The molecule has 5 atom stereocenters. The maximum Gasteiger partial charge on any atom is 0.472 e. The van der Waals surface area contributed by atoms with Gasteiger partial charge in [-0.1, -0.05) is 315 Å². The Morgan fingerprint density at radius 2 is 0.500 bits per heavy atom. The van der Waals surface area contributed by atoms with Crippen LogP contribution in [0.5, 0.6) is 0 Å². The van der Waals surface area contributed by atoms with E-state index in [1.54, 1.807) is 0 Å². The Labute approximate surface area is 598 Å². The number of esters is 4. The summed E-state index contributed by atoms with van der Waals surface area (Å²) in [5.74, 6) is -2.15. The molecule has 576 valence electrons. The van der Waals surface area contributed by atoms with Gasteiger partial charge in [0, 0.05) is 25.7 Å². The van der Waals surface area contributed by atoms with Crippen LogP contribution in [0.3, 0.4) is 0 Å². The van der Waals surface area contributed by atoms with Gasteiger partial charge >= 0.3 is 39.5 Å². The van der Waals surface area contributed by atoms with Crippen molar-refractivity contribution in [3.8, 4) is 0 Å². The molecule has 2 unspecified atom stereocenters. The molecule has 0 rings (SSSR count). The zero-order valence-corrected chi connectivity index (χ0v) is 64.8. The van der Waals surface area contributed by atoms with Crippen molar-refractivity contribution in [3.05, 3.63) is 36.5 Å². The molecule has 0 spiro atoms. The maximum absolute atomic E-state index is 13.1. The van der Waals surface area contributed by atoms with Crippen molar-refractivity contribution in [2.24, 2.45) is 0 Å². The Hall–Kier alpha value is -2.72. The maximum atomic E-state index is 13.1. The molecule has 0 aliphatic heterocycles. The standard InChI is InChI=1S/C79H148O17P2/c1-5-9-13-17-21-25-29-33-36-40-44-48-52-56-60-64-77(82)90-70-75(96-79(84)66-62-58-54-50-46-42-38-35-31-27-23-19-15-11-7-3)72-94-98(87,88)92-68-73(80)67-91-97(85,86)93-71-74(69-89-76(81)63-59-55-51-47-43-39-32-28-24-20-16-12-8-4)95-78(83)65-61-57-53-49-45-41-37-34-30-26-22-18-14-10-6-2/h22,26,33-34,36-37,73-75,80H,5-21,23-25,27-32,35,38-72H2,1-4H3,(H,85,86)(H,87,88)/b26-22-,36-33-,37-34-/t73-,74+,75+/m0/s1. The summed E-state index contributed by atoms with van der Waals surface area (Å²) in [6.45, 7) is 4.92. The van der Waals surface area contributed by atoms with E-state index in [1.807, 2.05) is 0 Å². The van der Waals surface area contributed by atoms with Crippen molar-refractivity contribution in [3.63, 3.8) is 0 Å². The summed E-state index contributed by atoms with van der Waals surface area (Å²) in [6, 6.07) is 0. The fraction of sp³-hybridized carbons (Fsp3) is 0.873. The van der Waals surface area contributed by atoms with Crippen LogP contribution in [0.15, 0.2) is 36.5 Å². The average molecular weight is 1430 g/mol. The highest BCUT2D eigenvalue weighted by atomic mass is 31.2. The van der Waals surface area contributed by atoms with Crippen LogP contribution in [-0.4, -0.2) is 96.7 Å². The molecule has 0 saturated heterocycles. The molecule has 0 fully saturated rings. The number of phosphoric ester groups is 2. The van der Waals surface area contributed by atoms with Crippen LogP contribution in [0.2, 0.25) is 0 Å². The van der Waals surface area contributed by atoms with Crippen LogP contribution in [0, 0.1) is 0 Å². The minimum atomic E-state index is -4.97. The predicted molar refractivity (Wildman–Crippen MR) is 400 cm³/mol. The summed E-state index contributed by atoms with van der Waals surface area (Å²) in [5, 5.41) is 10.6. The number of rotatable bonds is 77. The highest BCUT2D eigenvalue weighted by Crippen LogP contribution is 2.45. The zero-order chi connectivity index (χ0) is 71.8. The predicted octanol–water partition coefficient (Wildman–Crippen LogP) is 23.1. The third-order valence-corrected chi connectivity index (χ3v) is 19.5. The smallest absolute Gasteiger partial charge is 0.462 e. The van der Waals surface area contributed by atoms with Gasteiger partial charge < -0.3 is 33.8 Å². The molecule has 0 bridgehead atoms. The first kappa shape index (κ1) is 95.3. The van der Waals surface area contributed by atoms with Gasteiger partial charge in [0.05, 0.1) is 26.4 Å². The van der Waals surface area contributed by atoms with Crippen molar-refractivity contribution in [1.82, 2.24) is 0 Å². The quantitative estimate of drug-likeness (QED) is 0.0169. The largest absolute Gasteiger partial charge is 0.472 e. The van der Waals surface area contributed by atoms with Crippen molar-refractivity contribution in [1.29, 1.82) is 0 Å². The van der Waals surface area contributed by atoms with Crippen LogP contribution in [0.4, 0.5) is 0 Å². The number of allylic oxidation sites excluding steroid dienone is 6. The molecule has 19 heteroatoms. The van der Waals surface area contributed by atoms with Crippen LogP contribution in [-0.2, 0) is 65.4 Å². The molecule has 98 heavy (non-hydrogen) atoms. The van der Waals surface area contributed by atoms with E-state index in [0.29, 0.717) is 25.7 Å². The Morgan fingerprint density at radius 1 is 0.286 bits per heavy atom. The van der Waals surface area contributed by atoms with Gasteiger partial charge in [-0.15, -0.1) is 0 Å². The highest BCUT2D eigenvalue weighted by molar-refractivity contribution is 7.47. The number of phosphoric acid groups is 2. The number of carbonyl (C=O) groups is 4. The molecule has 0 radical (unpaired) electrons. The Balaban J connectivity index is 5.32. The monoisotopic (exact) mass is 1430 g/mol. The van der Waals surface area contributed by atoms with Crippen molar-refractivity contribution in [2.75, 3.05) is 39.6 Å². The van der Waals surface area contributed by atoms with Crippen LogP contribution in [0.25, 0.3) is 0 Å². The second-order valence-electron chi connectivity index (χ2n) is 27.4. The van der Waals surface area contributed by atoms with Crippen molar-refractivity contribution in [2.45, 2.75) is 406 Å². The molecule has 0 aliphatic rings. The topological polar surface area (TPSA) is 237 Å². The summed E-state index contributed by atoms with van der Waals surface area (Å²) < 4.78 is 68.6. The summed E-state index contributed by atoms with van der Waals surface area (Å²) >= 11 is 0. The van der Waals surface area contributed by atoms with Gasteiger partial charge in [-0.2, -0.15) is 0 Å². The van der Waals surface area contributed by atoms with Crippen molar-refractivity contribution >= 4 is 39.5 Å². The van der Waals surface area contributed by atoms with E-state index in [9.17, 15) is 43.2 Å². The Bertz CT molecular complexity index is 2000. The number of unbranched alkanes of at least 4 members (excludes halogenated alkanes) is 45. The lowest BCUT2D eigenvalue weighted by Gasteiger charge is -2.21. The number of hydrogen-bond acceptors (Lipinski definition) is 15. The molecule has 0 aromatic rings. The van der Waals surface area contributed by atoms with Crippen LogP contribution >= 0.6 is 15.6 Å². The summed E-state index contributed by atoms with van der Waals surface area (Å²) in [6.07, 6.45) is 68.3. The van der Waals surface area contributed by atoms with Gasteiger partial charge in [-0.3, -0.25) is 37.3 Å². The van der Waals surface area contributed by atoms with Gasteiger partial charge in [0.1, 0.15) is 19.3 Å². The van der Waals surface area contributed by atoms with E-state index in [0.717, 1.165) is 128 Å². The van der Waals surface area contributed by atoms with E-state index >= 15 is 0 Å². The third kappa shape index (κ3) is 71.7. The number of carbonyl (C=O) groups excluding carboxylic acids is 4. The first-order chi connectivity index (χ1) is 47.7. The molecule has 0 saturated carbocycles. The third-order valence-electron chi connectivity index (χ3n) is 17.6. The van der Waals surface area contributed by atoms with Gasteiger partial charge in [0.2, 0.25) is 0 Å². The molecular weight excluding hydrogens is 1280 g/mol. The molecule has 0 aromatic heterocycles. The van der Waals surface area contributed by atoms with E-state index in [-0.39, 0.29) is 25.7 Å². The van der Waals surface area contributed by atoms with E-state index in [2.05, 4.69) is 64.2 Å². The second-order valence-corrected chi connectivity index (χ2v) is 30.3. The molecule has 17 nitrogen and oxygen atoms in total. The zero-order valence-electron chi connectivity index (χ0n) is 63.0. The summed E-state index contributed by atoms with van der Waals surface area (Å²) in [5.41, 5.74) is 0. The number of aliphatic hydroxyl groups excluding tert-OH is 1. The first-order valence-electron chi connectivity index (χ1n) is 40.2. The number of aliphatic hydroxyl groups is 1. The van der Waals surface area contributed by atoms with Gasteiger partial charge in [0.25, 0.3) is 0 Å². The van der Waals surface area contributed by atoms with E-state index in [1.165, 1.54) is 180 Å². The van der Waals surface area contributed by atoms with Crippen LogP contribution in [0.1, 0.15) is 387 Å².